The van der Waals surface area contributed by atoms with Crippen LogP contribution in [0.3, 0.4) is 0 Å². The van der Waals surface area contributed by atoms with E-state index in [4.69, 9.17) is 14.2 Å². The van der Waals surface area contributed by atoms with Crippen molar-refractivity contribution in [3.8, 4) is 11.5 Å². The van der Waals surface area contributed by atoms with Crippen LogP contribution >= 0.6 is 22.6 Å². The molecule has 1 aliphatic rings. The zero-order valence-corrected chi connectivity index (χ0v) is 24.5. The van der Waals surface area contributed by atoms with Crippen LogP contribution in [0, 0.1) is 6.92 Å². The standard InChI is InChI=1S/C29H28INO6S/c1-18-11-13-21(14-12-18)38(33,34)31-17-24(30)27(20-9-7-6-8-10-20)22-15-25(35-3)26(36-4)16-23(22)28(31)19(2)29(32)37-5/h6-16,28H,2,17H2,1,3-5H3/t28-/m0/s1. The second-order valence-corrected chi connectivity index (χ2v) is 11.9. The van der Waals surface area contributed by atoms with E-state index < -0.39 is 22.0 Å². The molecular weight excluding hydrogens is 617 g/mol. The first-order chi connectivity index (χ1) is 18.1. The van der Waals surface area contributed by atoms with E-state index in [1.807, 2.05) is 43.3 Å². The van der Waals surface area contributed by atoms with Gasteiger partial charge in [0.25, 0.3) is 0 Å². The van der Waals surface area contributed by atoms with E-state index in [1.165, 1.54) is 25.6 Å². The highest BCUT2D eigenvalue weighted by Crippen LogP contribution is 2.48. The van der Waals surface area contributed by atoms with Crippen molar-refractivity contribution in [3.05, 3.63) is 105 Å². The van der Waals surface area contributed by atoms with Crippen molar-refractivity contribution >= 4 is 44.2 Å². The predicted molar refractivity (Wildman–Crippen MR) is 155 cm³/mol. The number of hydrogen-bond acceptors (Lipinski definition) is 6. The Balaban J connectivity index is 2.10. The van der Waals surface area contributed by atoms with Crippen molar-refractivity contribution in [2.75, 3.05) is 27.9 Å². The summed E-state index contributed by atoms with van der Waals surface area (Å²) in [5, 5.41) is 0. The van der Waals surface area contributed by atoms with E-state index in [0.717, 1.165) is 20.3 Å². The number of rotatable bonds is 7. The Hall–Kier alpha value is -3.15. The van der Waals surface area contributed by atoms with Crippen LogP contribution in [0.2, 0.25) is 0 Å². The van der Waals surface area contributed by atoms with Gasteiger partial charge in [0.15, 0.2) is 11.5 Å². The number of halogens is 1. The molecule has 9 heteroatoms. The molecule has 0 spiro atoms. The Morgan fingerprint density at radius 3 is 2.16 bits per heavy atom. The van der Waals surface area contributed by atoms with Crippen LogP contribution in [0.4, 0.5) is 0 Å². The third-order valence-electron chi connectivity index (χ3n) is 6.44. The van der Waals surface area contributed by atoms with Gasteiger partial charge in [-0.3, -0.25) is 0 Å². The van der Waals surface area contributed by atoms with Gasteiger partial charge in [0, 0.05) is 10.1 Å². The van der Waals surface area contributed by atoms with Gasteiger partial charge in [0.1, 0.15) is 0 Å². The molecule has 38 heavy (non-hydrogen) atoms. The van der Waals surface area contributed by atoms with Crippen molar-refractivity contribution in [2.24, 2.45) is 0 Å². The Bertz CT molecular complexity index is 1510. The second-order valence-electron chi connectivity index (χ2n) is 8.72. The fourth-order valence-electron chi connectivity index (χ4n) is 4.54. The number of sulfonamides is 1. The maximum Gasteiger partial charge on any atom is 0.335 e. The van der Waals surface area contributed by atoms with E-state index in [9.17, 15) is 13.2 Å². The quantitative estimate of drug-likeness (QED) is 0.187. The summed E-state index contributed by atoms with van der Waals surface area (Å²) in [6.45, 7) is 5.90. The molecule has 1 aliphatic heterocycles. The van der Waals surface area contributed by atoms with Crippen molar-refractivity contribution in [3.63, 3.8) is 0 Å². The second kappa shape index (κ2) is 11.3. The number of benzene rings is 3. The first-order valence-electron chi connectivity index (χ1n) is 11.7. The summed E-state index contributed by atoms with van der Waals surface area (Å²) in [7, 11) is 0.187. The lowest BCUT2D eigenvalue weighted by molar-refractivity contribution is -0.136. The Labute approximate surface area is 236 Å². The van der Waals surface area contributed by atoms with Gasteiger partial charge in [-0.15, -0.1) is 0 Å². The number of nitrogens with zero attached hydrogens (tertiary/aromatic N) is 1. The number of aryl methyl sites for hydroxylation is 1. The van der Waals surface area contributed by atoms with Gasteiger partial charge in [-0.05, 0) is 76.0 Å². The van der Waals surface area contributed by atoms with Gasteiger partial charge in [-0.1, -0.05) is 54.6 Å². The number of carbonyl (C=O) groups is 1. The van der Waals surface area contributed by atoms with Crippen LogP contribution in [-0.4, -0.2) is 46.6 Å². The summed E-state index contributed by atoms with van der Waals surface area (Å²) in [5.74, 6) is 0.157. The van der Waals surface area contributed by atoms with Crippen molar-refractivity contribution in [1.29, 1.82) is 0 Å². The molecule has 0 bridgehead atoms. The molecule has 3 aromatic carbocycles. The molecule has 0 saturated carbocycles. The minimum Gasteiger partial charge on any atom is -0.493 e. The molecule has 198 valence electrons. The minimum atomic E-state index is -4.10. The molecule has 7 nitrogen and oxygen atoms in total. The largest absolute Gasteiger partial charge is 0.493 e. The molecule has 0 fully saturated rings. The molecule has 0 N–H and O–H groups in total. The van der Waals surface area contributed by atoms with Crippen LogP contribution in [0.25, 0.3) is 5.57 Å². The first kappa shape index (κ1) is 27.9. The van der Waals surface area contributed by atoms with Gasteiger partial charge < -0.3 is 14.2 Å². The van der Waals surface area contributed by atoms with Crippen molar-refractivity contribution in [1.82, 2.24) is 4.31 Å². The van der Waals surface area contributed by atoms with E-state index in [2.05, 4.69) is 29.2 Å². The molecule has 0 amide bonds. The Kier molecular flexibility index (Phi) is 8.29. The molecule has 0 aliphatic carbocycles. The number of carbonyl (C=O) groups excluding carboxylic acids is 1. The van der Waals surface area contributed by atoms with Gasteiger partial charge in [0.05, 0.1) is 37.8 Å². The van der Waals surface area contributed by atoms with E-state index in [1.54, 1.807) is 30.3 Å². The number of hydrogen-bond donors (Lipinski definition) is 0. The molecular formula is C29H28INO6S. The number of fused-ring (bicyclic) bond motifs is 1. The zero-order valence-electron chi connectivity index (χ0n) is 21.5. The van der Waals surface area contributed by atoms with Crippen LogP contribution in [0.1, 0.15) is 28.3 Å². The topological polar surface area (TPSA) is 82.1 Å². The zero-order chi connectivity index (χ0) is 27.6. The summed E-state index contributed by atoms with van der Waals surface area (Å²) >= 11 is 2.18. The normalized spacial score (nSPS) is 15.9. The third kappa shape index (κ3) is 5.10. The molecule has 0 radical (unpaired) electrons. The molecule has 0 unspecified atom stereocenters. The summed E-state index contributed by atoms with van der Waals surface area (Å²) in [4.78, 5) is 13.0. The molecule has 4 rings (SSSR count). The fraction of sp³-hybridized carbons (Fsp3) is 0.207. The lowest BCUT2D eigenvalue weighted by Crippen LogP contribution is -2.38. The lowest BCUT2D eigenvalue weighted by Gasteiger charge is -2.31. The Morgan fingerprint density at radius 1 is 0.974 bits per heavy atom. The van der Waals surface area contributed by atoms with E-state index >= 15 is 0 Å². The summed E-state index contributed by atoms with van der Waals surface area (Å²) in [6.07, 6.45) is 0. The van der Waals surface area contributed by atoms with E-state index in [-0.39, 0.29) is 17.0 Å². The SMILES string of the molecule is C=C(C(=O)OC)[C@H]1c2cc(OC)c(OC)cc2C(c2ccccc2)=C(I)CN1S(=O)(=O)c1ccc(C)cc1. The maximum absolute atomic E-state index is 14.2. The predicted octanol–water partition coefficient (Wildman–Crippen LogP) is 5.68. The fourth-order valence-corrected chi connectivity index (χ4v) is 7.31. The number of esters is 1. The average molecular weight is 646 g/mol. The molecule has 1 atom stereocenters. The molecule has 3 aromatic rings. The van der Waals surface area contributed by atoms with Crippen LogP contribution in [0.15, 0.2) is 87.4 Å². The molecule has 0 aromatic heterocycles. The van der Waals surface area contributed by atoms with Crippen molar-refractivity contribution in [2.45, 2.75) is 17.9 Å². The Morgan fingerprint density at radius 2 is 1.58 bits per heavy atom. The highest BCUT2D eigenvalue weighted by molar-refractivity contribution is 14.1. The minimum absolute atomic E-state index is 0.000981. The van der Waals surface area contributed by atoms with Gasteiger partial charge in [-0.25, -0.2) is 13.2 Å². The summed E-state index contributed by atoms with van der Waals surface area (Å²) in [5.41, 5.74) is 3.86. The summed E-state index contributed by atoms with van der Waals surface area (Å²) < 4.78 is 46.7. The van der Waals surface area contributed by atoms with Crippen molar-refractivity contribution < 1.29 is 27.4 Å². The highest BCUT2D eigenvalue weighted by atomic mass is 127. The number of methoxy groups -OCH3 is 3. The monoisotopic (exact) mass is 645 g/mol. The van der Waals surface area contributed by atoms with Crippen LogP contribution in [0.5, 0.6) is 11.5 Å². The van der Waals surface area contributed by atoms with Crippen LogP contribution < -0.4 is 9.47 Å². The third-order valence-corrected chi connectivity index (χ3v) is 9.15. The van der Waals surface area contributed by atoms with Gasteiger partial charge in [-0.2, -0.15) is 4.31 Å². The average Bonchev–Trinajstić information content (AvgIpc) is 3.05. The lowest BCUT2D eigenvalue weighted by atomic mass is 9.89. The highest BCUT2D eigenvalue weighted by Gasteiger charge is 2.41. The van der Waals surface area contributed by atoms with E-state index in [0.29, 0.717) is 22.6 Å². The molecule has 1 heterocycles. The summed E-state index contributed by atoms with van der Waals surface area (Å²) in [6, 6.07) is 18.7. The molecule has 0 saturated heterocycles. The first-order valence-corrected chi connectivity index (χ1v) is 14.2. The van der Waals surface area contributed by atoms with Crippen LogP contribution in [-0.2, 0) is 19.6 Å². The number of ether oxygens (including phenoxy) is 3. The smallest absolute Gasteiger partial charge is 0.335 e. The van der Waals surface area contributed by atoms with Gasteiger partial charge in [0.2, 0.25) is 10.0 Å². The van der Waals surface area contributed by atoms with Gasteiger partial charge >= 0.3 is 5.97 Å². The maximum atomic E-state index is 14.2.